The Bertz CT molecular complexity index is 728. The fourth-order valence-electron chi connectivity index (χ4n) is 3.30. The van der Waals surface area contributed by atoms with Gasteiger partial charge in [-0.1, -0.05) is 30.3 Å². The molecular weight excluding hydrogens is 354 g/mol. The molecule has 1 unspecified atom stereocenters. The Morgan fingerprint density at radius 3 is 2.39 bits per heavy atom. The molecule has 6 nitrogen and oxygen atoms in total. The number of rotatable bonds is 8. The van der Waals surface area contributed by atoms with Crippen molar-refractivity contribution in [3.63, 3.8) is 0 Å². The topological polar surface area (TPSA) is 65.0 Å². The van der Waals surface area contributed by atoms with Gasteiger partial charge in [0.2, 0.25) is 5.91 Å². The minimum atomic E-state index is -0.190. The van der Waals surface area contributed by atoms with Crippen LogP contribution in [-0.2, 0) is 11.4 Å². The van der Waals surface area contributed by atoms with Gasteiger partial charge in [0.05, 0.1) is 12.6 Å². The Kier molecular flexibility index (Phi) is 7.42. The number of nitrogens with one attached hydrogen (secondary N) is 1. The summed E-state index contributed by atoms with van der Waals surface area (Å²) in [5.74, 6) is 0.767. The van der Waals surface area contributed by atoms with E-state index in [2.05, 4.69) is 15.1 Å². The predicted molar refractivity (Wildman–Crippen MR) is 110 cm³/mol. The normalized spacial score (nSPS) is 16.5. The molecule has 0 spiro atoms. The number of aliphatic hydroxyl groups excluding tert-OH is 1. The van der Waals surface area contributed by atoms with Crippen LogP contribution in [0.15, 0.2) is 54.6 Å². The molecule has 1 saturated heterocycles. The largest absolute Gasteiger partial charge is 0.489 e. The van der Waals surface area contributed by atoms with Crippen molar-refractivity contribution in [1.29, 1.82) is 0 Å². The first-order valence-corrected chi connectivity index (χ1v) is 9.80. The molecule has 1 fully saturated rings. The molecule has 2 N–H and O–H groups in total. The van der Waals surface area contributed by atoms with Gasteiger partial charge in [0.1, 0.15) is 12.4 Å². The van der Waals surface area contributed by atoms with Gasteiger partial charge in [0.25, 0.3) is 0 Å². The fraction of sp³-hybridized carbons (Fsp3) is 0.409. The van der Waals surface area contributed by atoms with Crippen molar-refractivity contribution in [1.82, 2.24) is 9.80 Å². The van der Waals surface area contributed by atoms with Crippen molar-refractivity contribution in [2.24, 2.45) is 0 Å². The summed E-state index contributed by atoms with van der Waals surface area (Å²) in [4.78, 5) is 17.0. The van der Waals surface area contributed by atoms with Crippen molar-refractivity contribution in [2.75, 3.05) is 44.6 Å². The van der Waals surface area contributed by atoms with Crippen molar-refractivity contribution in [3.05, 3.63) is 60.2 Å². The Labute approximate surface area is 166 Å². The van der Waals surface area contributed by atoms with E-state index >= 15 is 0 Å². The Hall–Kier alpha value is -2.41. The van der Waals surface area contributed by atoms with Crippen LogP contribution in [0.5, 0.6) is 5.75 Å². The lowest BCUT2D eigenvalue weighted by Crippen LogP contribution is -2.53. The summed E-state index contributed by atoms with van der Waals surface area (Å²) in [6.45, 7) is 6.77. The lowest BCUT2D eigenvalue weighted by molar-refractivity contribution is -0.121. The molecule has 6 heteroatoms. The van der Waals surface area contributed by atoms with Gasteiger partial charge in [0, 0.05) is 38.4 Å². The summed E-state index contributed by atoms with van der Waals surface area (Å²) in [6.07, 6.45) is 0. The molecule has 0 saturated carbocycles. The van der Waals surface area contributed by atoms with Crippen LogP contribution >= 0.6 is 0 Å². The van der Waals surface area contributed by atoms with Gasteiger partial charge in [0.15, 0.2) is 0 Å². The second-order valence-electron chi connectivity index (χ2n) is 7.07. The standard InChI is InChI=1S/C22H29N3O3/c1-18(25-13-11-24(12-14-25)15-16-26)22(27)23-20-7-9-21(10-8-20)28-17-19-5-3-2-4-6-19/h2-10,18,26H,11-17H2,1H3,(H,23,27). The van der Waals surface area contributed by atoms with Crippen LogP contribution < -0.4 is 10.1 Å². The maximum atomic E-state index is 12.6. The number of β-amino-alcohol motifs (C(OH)–C–C–N with tert-alkyl or cyclic N) is 1. The summed E-state index contributed by atoms with van der Waals surface area (Å²) in [5.41, 5.74) is 1.88. The highest BCUT2D eigenvalue weighted by Gasteiger charge is 2.25. The number of amides is 1. The number of nitrogens with zero attached hydrogens (tertiary/aromatic N) is 2. The van der Waals surface area contributed by atoms with Gasteiger partial charge >= 0.3 is 0 Å². The monoisotopic (exact) mass is 383 g/mol. The van der Waals surface area contributed by atoms with Crippen LogP contribution in [0.1, 0.15) is 12.5 Å². The second-order valence-corrected chi connectivity index (χ2v) is 7.07. The molecule has 150 valence electrons. The zero-order chi connectivity index (χ0) is 19.8. The van der Waals surface area contributed by atoms with E-state index in [1.54, 1.807) is 0 Å². The summed E-state index contributed by atoms with van der Waals surface area (Å²) in [5, 5.41) is 12.0. The number of hydrogen-bond donors (Lipinski definition) is 2. The van der Waals surface area contributed by atoms with Crippen LogP contribution in [-0.4, -0.2) is 66.2 Å². The quantitative estimate of drug-likeness (QED) is 0.732. The number of ether oxygens (including phenoxy) is 1. The molecule has 1 amide bonds. The summed E-state index contributed by atoms with van der Waals surface area (Å²) >= 11 is 0. The summed E-state index contributed by atoms with van der Waals surface area (Å²) in [6, 6.07) is 17.3. The number of benzene rings is 2. The molecule has 28 heavy (non-hydrogen) atoms. The highest BCUT2D eigenvalue weighted by molar-refractivity contribution is 5.94. The van der Waals surface area contributed by atoms with Gasteiger partial charge in [-0.15, -0.1) is 0 Å². The van der Waals surface area contributed by atoms with Crippen LogP contribution in [0, 0.1) is 0 Å². The molecule has 2 aromatic rings. The van der Waals surface area contributed by atoms with Gasteiger partial charge in [-0.2, -0.15) is 0 Å². The van der Waals surface area contributed by atoms with Gasteiger partial charge in [-0.25, -0.2) is 0 Å². The first-order chi connectivity index (χ1) is 13.7. The lowest BCUT2D eigenvalue weighted by atomic mass is 10.2. The van der Waals surface area contributed by atoms with Crippen LogP contribution in [0.25, 0.3) is 0 Å². The van der Waals surface area contributed by atoms with Gasteiger partial charge in [-0.05, 0) is 36.8 Å². The minimum absolute atomic E-state index is 0.00596. The second kappa shape index (κ2) is 10.2. The number of anilines is 1. The molecule has 3 rings (SSSR count). The Morgan fingerprint density at radius 2 is 1.75 bits per heavy atom. The van der Waals surface area contributed by atoms with E-state index in [9.17, 15) is 4.79 Å². The molecule has 0 aliphatic carbocycles. The van der Waals surface area contributed by atoms with Crippen molar-refractivity contribution < 1.29 is 14.6 Å². The zero-order valence-electron chi connectivity index (χ0n) is 16.4. The van der Waals surface area contributed by atoms with Crippen molar-refractivity contribution in [2.45, 2.75) is 19.6 Å². The fourth-order valence-corrected chi connectivity index (χ4v) is 3.30. The summed E-state index contributed by atoms with van der Waals surface area (Å²) in [7, 11) is 0. The van der Waals surface area contributed by atoms with Crippen LogP contribution in [0.4, 0.5) is 5.69 Å². The lowest BCUT2D eigenvalue weighted by Gasteiger charge is -2.37. The number of aliphatic hydroxyl groups is 1. The maximum absolute atomic E-state index is 12.6. The van der Waals surface area contributed by atoms with Gasteiger partial charge < -0.3 is 15.2 Å². The molecule has 0 aromatic heterocycles. The number of carbonyl (C=O) groups excluding carboxylic acids is 1. The van der Waals surface area contributed by atoms with Gasteiger partial charge in [-0.3, -0.25) is 14.6 Å². The molecule has 1 aliphatic heterocycles. The van der Waals surface area contributed by atoms with E-state index in [4.69, 9.17) is 9.84 Å². The predicted octanol–water partition coefficient (Wildman–Crippen LogP) is 2.20. The number of carbonyl (C=O) groups is 1. The average molecular weight is 383 g/mol. The van der Waals surface area contributed by atoms with Crippen molar-refractivity contribution >= 4 is 11.6 Å². The third-order valence-corrected chi connectivity index (χ3v) is 5.12. The molecule has 1 heterocycles. The van der Waals surface area contributed by atoms with E-state index in [1.807, 2.05) is 61.5 Å². The van der Waals surface area contributed by atoms with E-state index in [-0.39, 0.29) is 18.6 Å². The van der Waals surface area contributed by atoms with Crippen molar-refractivity contribution in [3.8, 4) is 5.75 Å². The minimum Gasteiger partial charge on any atom is -0.489 e. The highest BCUT2D eigenvalue weighted by Crippen LogP contribution is 2.18. The first-order valence-electron chi connectivity index (χ1n) is 9.80. The molecule has 2 aromatic carbocycles. The molecule has 1 atom stereocenters. The third kappa shape index (κ3) is 5.79. The van der Waals surface area contributed by atoms with E-state index < -0.39 is 0 Å². The molecular formula is C22H29N3O3. The molecule has 0 bridgehead atoms. The Balaban J connectivity index is 1.46. The van der Waals surface area contributed by atoms with E-state index in [1.165, 1.54) is 0 Å². The SMILES string of the molecule is CC(C(=O)Nc1ccc(OCc2ccccc2)cc1)N1CCN(CCO)CC1. The number of hydrogen-bond acceptors (Lipinski definition) is 5. The molecule has 1 aliphatic rings. The van der Waals surface area contributed by atoms with Crippen LogP contribution in [0.2, 0.25) is 0 Å². The summed E-state index contributed by atoms with van der Waals surface area (Å²) < 4.78 is 5.78. The maximum Gasteiger partial charge on any atom is 0.241 e. The van der Waals surface area contributed by atoms with E-state index in [0.29, 0.717) is 13.2 Å². The first kappa shape index (κ1) is 20.3. The highest BCUT2D eigenvalue weighted by atomic mass is 16.5. The zero-order valence-corrected chi connectivity index (χ0v) is 16.4. The average Bonchev–Trinajstić information content (AvgIpc) is 2.74. The third-order valence-electron chi connectivity index (χ3n) is 5.12. The molecule has 0 radical (unpaired) electrons. The van der Waals surface area contributed by atoms with Crippen LogP contribution in [0.3, 0.4) is 0 Å². The Morgan fingerprint density at radius 1 is 1.07 bits per heavy atom. The smallest absolute Gasteiger partial charge is 0.241 e. The van der Waals surface area contributed by atoms with E-state index in [0.717, 1.165) is 43.2 Å². The number of piperazine rings is 1.